The van der Waals surface area contributed by atoms with E-state index in [2.05, 4.69) is 0 Å². The van der Waals surface area contributed by atoms with Gasteiger partial charge < -0.3 is 0 Å². The standard InChI is InChI=1S/C12H8F3NO2S/c13-8-2-1-3-10(6-8)19(17,18)16-9-4-5-11(14)12(15)7-9/h1-7,16H. The molecule has 3 nitrogen and oxygen atoms in total. The zero-order valence-electron chi connectivity index (χ0n) is 9.40. The highest BCUT2D eigenvalue weighted by Gasteiger charge is 2.15. The first-order valence-electron chi connectivity index (χ1n) is 5.12. The molecular formula is C12H8F3NO2S. The minimum Gasteiger partial charge on any atom is -0.280 e. The van der Waals surface area contributed by atoms with Crippen LogP contribution in [0.4, 0.5) is 18.9 Å². The third kappa shape index (κ3) is 3.05. The first-order valence-corrected chi connectivity index (χ1v) is 6.60. The van der Waals surface area contributed by atoms with Gasteiger partial charge in [-0.25, -0.2) is 21.6 Å². The van der Waals surface area contributed by atoms with Crippen LogP contribution in [0.15, 0.2) is 47.4 Å². The molecule has 100 valence electrons. The molecule has 0 saturated heterocycles. The third-order valence-electron chi connectivity index (χ3n) is 2.28. The van der Waals surface area contributed by atoms with Crippen LogP contribution in [-0.2, 0) is 10.0 Å². The van der Waals surface area contributed by atoms with Gasteiger partial charge in [0.1, 0.15) is 5.82 Å². The Hall–Kier alpha value is -2.02. The monoisotopic (exact) mass is 287 g/mol. The second-order valence-electron chi connectivity index (χ2n) is 3.69. The van der Waals surface area contributed by atoms with Crippen molar-refractivity contribution in [3.05, 3.63) is 59.9 Å². The van der Waals surface area contributed by atoms with Gasteiger partial charge in [-0.3, -0.25) is 4.72 Å². The molecule has 0 bridgehead atoms. The highest BCUT2D eigenvalue weighted by Crippen LogP contribution is 2.18. The lowest BCUT2D eigenvalue weighted by Crippen LogP contribution is -2.13. The Balaban J connectivity index is 2.33. The van der Waals surface area contributed by atoms with E-state index < -0.39 is 27.5 Å². The molecule has 2 aromatic carbocycles. The third-order valence-corrected chi connectivity index (χ3v) is 3.66. The molecule has 0 unspecified atom stereocenters. The van der Waals surface area contributed by atoms with E-state index in [9.17, 15) is 21.6 Å². The number of halogens is 3. The first-order chi connectivity index (χ1) is 8.88. The van der Waals surface area contributed by atoms with Crippen LogP contribution in [0.1, 0.15) is 0 Å². The van der Waals surface area contributed by atoms with Crippen molar-refractivity contribution < 1.29 is 21.6 Å². The number of benzene rings is 2. The topological polar surface area (TPSA) is 46.2 Å². The molecule has 2 rings (SSSR count). The summed E-state index contributed by atoms with van der Waals surface area (Å²) < 4.78 is 64.3. The highest BCUT2D eigenvalue weighted by molar-refractivity contribution is 7.92. The zero-order chi connectivity index (χ0) is 14.0. The molecule has 0 amide bonds. The Kier molecular flexibility index (Phi) is 3.48. The smallest absolute Gasteiger partial charge is 0.261 e. The summed E-state index contributed by atoms with van der Waals surface area (Å²) >= 11 is 0. The van der Waals surface area contributed by atoms with E-state index in [-0.39, 0.29) is 10.6 Å². The van der Waals surface area contributed by atoms with Crippen LogP contribution >= 0.6 is 0 Å². The summed E-state index contributed by atoms with van der Waals surface area (Å²) in [5.41, 5.74) is -0.150. The van der Waals surface area contributed by atoms with Gasteiger partial charge >= 0.3 is 0 Å². The lowest BCUT2D eigenvalue weighted by Gasteiger charge is -2.08. The van der Waals surface area contributed by atoms with Crippen LogP contribution in [0, 0.1) is 17.5 Å². The van der Waals surface area contributed by atoms with E-state index in [0.29, 0.717) is 6.07 Å². The van der Waals surface area contributed by atoms with Crippen molar-refractivity contribution in [1.82, 2.24) is 0 Å². The molecule has 0 aliphatic carbocycles. The zero-order valence-corrected chi connectivity index (χ0v) is 10.2. The van der Waals surface area contributed by atoms with E-state index in [1.54, 1.807) is 0 Å². The van der Waals surface area contributed by atoms with Crippen molar-refractivity contribution in [3.63, 3.8) is 0 Å². The average molecular weight is 287 g/mol. The van der Waals surface area contributed by atoms with Gasteiger partial charge in [-0.2, -0.15) is 0 Å². The second kappa shape index (κ2) is 4.93. The van der Waals surface area contributed by atoms with Crippen LogP contribution in [0.2, 0.25) is 0 Å². The van der Waals surface area contributed by atoms with Crippen LogP contribution in [0.25, 0.3) is 0 Å². The van der Waals surface area contributed by atoms with Gasteiger partial charge in [-0.15, -0.1) is 0 Å². The molecule has 0 radical (unpaired) electrons. The van der Waals surface area contributed by atoms with E-state index >= 15 is 0 Å². The fraction of sp³-hybridized carbons (Fsp3) is 0. The second-order valence-corrected chi connectivity index (χ2v) is 5.37. The Bertz CT molecular complexity index is 717. The Morgan fingerprint density at radius 1 is 0.895 bits per heavy atom. The van der Waals surface area contributed by atoms with Gasteiger partial charge in [0.05, 0.1) is 10.6 Å². The maximum atomic E-state index is 13.0. The highest BCUT2D eigenvalue weighted by atomic mass is 32.2. The van der Waals surface area contributed by atoms with Crippen molar-refractivity contribution in [1.29, 1.82) is 0 Å². The summed E-state index contributed by atoms with van der Waals surface area (Å²) in [4.78, 5) is -0.308. The van der Waals surface area contributed by atoms with Crippen molar-refractivity contribution >= 4 is 15.7 Å². The van der Waals surface area contributed by atoms with Crippen molar-refractivity contribution in [2.45, 2.75) is 4.90 Å². The lowest BCUT2D eigenvalue weighted by atomic mass is 10.3. The molecule has 7 heteroatoms. The van der Waals surface area contributed by atoms with Crippen LogP contribution < -0.4 is 4.72 Å². The number of hydrogen-bond acceptors (Lipinski definition) is 2. The fourth-order valence-corrected chi connectivity index (χ4v) is 2.49. The lowest BCUT2D eigenvalue weighted by molar-refractivity contribution is 0.509. The molecule has 0 fully saturated rings. The summed E-state index contributed by atoms with van der Waals surface area (Å²) in [7, 11) is -4.04. The Morgan fingerprint density at radius 2 is 1.63 bits per heavy atom. The van der Waals surface area contributed by atoms with Gasteiger partial charge in [-0.05, 0) is 30.3 Å². The summed E-state index contributed by atoms with van der Waals surface area (Å²) in [6.45, 7) is 0. The summed E-state index contributed by atoms with van der Waals surface area (Å²) in [6.07, 6.45) is 0. The van der Waals surface area contributed by atoms with Crippen LogP contribution in [-0.4, -0.2) is 8.42 Å². The number of nitrogens with one attached hydrogen (secondary N) is 1. The first kappa shape index (κ1) is 13.4. The van der Waals surface area contributed by atoms with Crippen molar-refractivity contribution in [3.8, 4) is 0 Å². The molecule has 0 aromatic heterocycles. The molecule has 0 aliphatic rings. The van der Waals surface area contributed by atoms with E-state index in [1.165, 1.54) is 12.1 Å². The van der Waals surface area contributed by atoms with Gasteiger partial charge in [0, 0.05) is 6.07 Å². The maximum absolute atomic E-state index is 13.0. The van der Waals surface area contributed by atoms with E-state index in [4.69, 9.17) is 0 Å². The minimum atomic E-state index is -4.04. The molecular weight excluding hydrogens is 279 g/mol. The number of rotatable bonds is 3. The summed E-state index contributed by atoms with van der Waals surface area (Å²) in [5, 5.41) is 0. The van der Waals surface area contributed by atoms with Crippen LogP contribution in [0.5, 0.6) is 0 Å². The molecule has 2 aromatic rings. The predicted molar refractivity (Wildman–Crippen MR) is 63.6 cm³/mol. The maximum Gasteiger partial charge on any atom is 0.261 e. The van der Waals surface area contributed by atoms with E-state index in [0.717, 1.165) is 24.3 Å². The van der Waals surface area contributed by atoms with Gasteiger partial charge in [0.25, 0.3) is 10.0 Å². The SMILES string of the molecule is O=S(=O)(Nc1ccc(F)c(F)c1)c1cccc(F)c1. The molecule has 0 spiro atoms. The summed E-state index contributed by atoms with van der Waals surface area (Å²) in [5.74, 6) is -2.98. The fourth-order valence-electron chi connectivity index (χ4n) is 1.41. The Morgan fingerprint density at radius 3 is 2.26 bits per heavy atom. The van der Waals surface area contributed by atoms with Crippen molar-refractivity contribution in [2.75, 3.05) is 4.72 Å². The molecule has 19 heavy (non-hydrogen) atoms. The Labute approximate surface area is 107 Å². The number of sulfonamides is 1. The van der Waals surface area contributed by atoms with Gasteiger partial charge in [0.2, 0.25) is 0 Å². The quantitative estimate of drug-likeness (QED) is 0.943. The predicted octanol–water partition coefficient (Wildman–Crippen LogP) is 2.90. The number of anilines is 1. The molecule has 1 N–H and O–H groups in total. The van der Waals surface area contributed by atoms with Gasteiger partial charge in [0.15, 0.2) is 11.6 Å². The average Bonchev–Trinajstić information content (AvgIpc) is 2.33. The molecule has 0 atom stereocenters. The van der Waals surface area contributed by atoms with Crippen molar-refractivity contribution in [2.24, 2.45) is 0 Å². The summed E-state index contributed by atoms with van der Waals surface area (Å²) in [6, 6.07) is 6.89. The van der Waals surface area contributed by atoms with E-state index in [1.807, 2.05) is 4.72 Å². The minimum absolute atomic E-state index is 0.150. The molecule has 0 aliphatic heterocycles. The number of hydrogen-bond donors (Lipinski definition) is 1. The van der Waals surface area contributed by atoms with Gasteiger partial charge in [-0.1, -0.05) is 6.07 Å². The normalized spacial score (nSPS) is 11.3. The van der Waals surface area contributed by atoms with Crippen LogP contribution in [0.3, 0.4) is 0 Å². The molecule has 0 saturated carbocycles. The largest absolute Gasteiger partial charge is 0.280 e. The molecule has 0 heterocycles.